The van der Waals surface area contributed by atoms with Crippen LogP contribution in [0, 0.1) is 11.3 Å². The lowest BCUT2D eigenvalue weighted by Gasteiger charge is -2.35. The van der Waals surface area contributed by atoms with Crippen LogP contribution >= 0.6 is 0 Å². The highest BCUT2D eigenvalue weighted by Gasteiger charge is 2.20. The number of anilines is 2. The van der Waals surface area contributed by atoms with Gasteiger partial charge in [0.25, 0.3) is 10.0 Å². The third-order valence-electron chi connectivity index (χ3n) is 4.55. The van der Waals surface area contributed by atoms with E-state index in [1.54, 1.807) is 37.4 Å². The highest BCUT2D eigenvalue weighted by atomic mass is 32.2. The molecule has 0 unspecified atom stereocenters. The molecule has 2 aromatic carbocycles. The standard InChI is InChI=1S/C19H22N4O3S/c1-22-8-10-23(11-9-22)18-13-16(6-7-19(18)26-2)21-27(24,25)17-5-3-4-15(12-17)14-20/h3-7,12-13,21H,8-11H2,1-2H3. The Labute approximate surface area is 159 Å². The Morgan fingerprint density at radius 1 is 1.11 bits per heavy atom. The van der Waals surface area contributed by atoms with Gasteiger partial charge in [-0.05, 0) is 43.4 Å². The molecule has 1 N–H and O–H groups in total. The minimum Gasteiger partial charge on any atom is -0.495 e. The van der Waals surface area contributed by atoms with Crippen molar-refractivity contribution in [1.82, 2.24) is 4.90 Å². The van der Waals surface area contributed by atoms with Crippen molar-refractivity contribution in [3.8, 4) is 11.8 Å². The third-order valence-corrected chi connectivity index (χ3v) is 5.93. The van der Waals surface area contributed by atoms with Crippen LogP contribution in [-0.2, 0) is 10.0 Å². The molecule has 0 amide bonds. The van der Waals surface area contributed by atoms with Gasteiger partial charge in [0.1, 0.15) is 5.75 Å². The lowest BCUT2D eigenvalue weighted by atomic mass is 10.2. The van der Waals surface area contributed by atoms with Crippen LogP contribution in [-0.4, -0.2) is 53.7 Å². The summed E-state index contributed by atoms with van der Waals surface area (Å²) in [5.74, 6) is 0.703. The minimum atomic E-state index is -3.79. The second kappa shape index (κ2) is 7.86. The van der Waals surface area contributed by atoms with Gasteiger partial charge >= 0.3 is 0 Å². The smallest absolute Gasteiger partial charge is 0.261 e. The second-order valence-electron chi connectivity index (χ2n) is 6.42. The van der Waals surface area contributed by atoms with Gasteiger partial charge in [-0.2, -0.15) is 5.26 Å². The molecule has 0 bridgehead atoms. The van der Waals surface area contributed by atoms with Crippen LogP contribution in [0.25, 0.3) is 0 Å². The largest absolute Gasteiger partial charge is 0.495 e. The molecule has 0 aromatic heterocycles. The van der Waals surface area contributed by atoms with Crippen LogP contribution in [0.5, 0.6) is 5.75 Å². The quantitative estimate of drug-likeness (QED) is 0.847. The minimum absolute atomic E-state index is 0.0542. The molecule has 3 rings (SSSR count). The Bertz CT molecular complexity index is 961. The first-order valence-corrected chi connectivity index (χ1v) is 10.1. The first kappa shape index (κ1) is 19.0. The van der Waals surface area contributed by atoms with E-state index in [1.165, 1.54) is 12.1 Å². The summed E-state index contributed by atoms with van der Waals surface area (Å²) in [6.45, 7) is 3.54. The summed E-state index contributed by atoms with van der Waals surface area (Å²) in [5.41, 5.74) is 1.61. The van der Waals surface area contributed by atoms with Gasteiger partial charge in [0.05, 0.1) is 35.0 Å². The second-order valence-corrected chi connectivity index (χ2v) is 8.10. The lowest BCUT2D eigenvalue weighted by molar-refractivity contribution is 0.311. The fraction of sp³-hybridized carbons (Fsp3) is 0.316. The normalized spacial score (nSPS) is 15.2. The Balaban J connectivity index is 1.88. The van der Waals surface area contributed by atoms with Gasteiger partial charge in [-0.25, -0.2) is 8.42 Å². The number of nitrogens with one attached hydrogen (secondary N) is 1. The number of likely N-dealkylation sites (N-methyl/N-ethyl adjacent to an activating group) is 1. The zero-order valence-corrected chi connectivity index (χ0v) is 16.2. The Kier molecular flexibility index (Phi) is 5.54. The lowest BCUT2D eigenvalue weighted by Crippen LogP contribution is -2.44. The van der Waals surface area contributed by atoms with Gasteiger partial charge in [0, 0.05) is 26.2 Å². The molecule has 0 atom stereocenters. The van der Waals surface area contributed by atoms with E-state index >= 15 is 0 Å². The predicted octanol–water partition coefficient (Wildman–Crippen LogP) is 2.12. The van der Waals surface area contributed by atoms with E-state index in [-0.39, 0.29) is 4.90 Å². The van der Waals surface area contributed by atoms with Crippen molar-refractivity contribution in [1.29, 1.82) is 5.26 Å². The SMILES string of the molecule is COc1ccc(NS(=O)(=O)c2cccc(C#N)c2)cc1N1CCN(C)CC1. The fourth-order valence-electron chi connectivity index (χ4n) is 2.99. The first-order valence-electron chi connectivity index (χ1n) is 8.57. The van der Waals surface area contributed by atoms with Crippen molar-refractivity contribution in [2.24, 2.45) is 0 Å². The molecule has 7 nitrogen and oxygen atoms in total. The number of nitrogens with zero attached hydrogens (tertiary/aromatic N) is 3. The molecule has 1 heterocycles. The van der Waals surface area contributed by atoms with Crippen molar-refractivity contribution in [3.05, 3.63) is 48.0 Å². The number of ether oxygens (including phenoxy) is 1. The summed E-state index contributed by atoms with van der Waals surface area (Å²) >= 11 is 0. The van der Waals surface area contributed by atoms with Crippen LogP contribution < -0.4 is 14.4 Å². The van der Waals surface area contributed by atoms with Crippen molar-refractivity contribution in [3.63, 3.8) is 0 Å². The molecule has 2 aromatic rings. The number of hydrogen-bond donors (Lipinski definition) is 1. The van der Waals surface area contributed by atoms with E-state index in [0.717, 1.165) is 31.9 Å². The van der Waals surface area contributed by atoms with Crippen molar-refractivity contribution >= 4 is 21.4 Å². The van der Waals surface area contributed by atoms with Gasteiger partial charge < -0.3 is 14.5 Å². The monoisotopic (exact) mass is 386 g/mol. The first-order chi connectivity index (χ1) is 12.9. The molecule has 0 spiro atoms. The van der Waals surface area contributed by atoms with Gasteiger partial charge in [-0.3, -0.25) is 4.72 Å². The number of methoxy groups -OCH3 is 1. The maximum Gasteiger partial charge on any atom is 0.261 e. The van der Waals surface area contributed by atoms with Gasteiger partial charge in [0.2, 0.25) is 0 Å². The summed E-state index contributed by atoms with van der Waals surface area (Å²) < 4.78 is 33.4. The molecule has 0 aliphatic carbocycles. The number of rotatable bonds is 5. The number of hydrogen-bond acceptors (Lipinski definition) is 6. The number of sulfonamides is 1. The molecular formula is C19H22N4O3S. The van der Waals surface area contributed by atoms with Gasteiger partial charge in [-0.15, -0.1) is 0 Å². The van der Waals surface area contributed by atoms with E-state index in [4.69, 9.17) is 10.00 Å². The molecule has 0 radical (unpaired) electrons. The van der Waals surface area contributed by atoms with Gasteiger partial charge in [-0.1, -0.05) is 6.07 Å². The molecule has 1 aliphatic rings. The number of piperazine rings is 1. The third kappa shape index (κ3) is 4.32. The zero-order chi connectivity index (χ0) is 19.4. The van der Waals surface area contributed by atoms with E-state index in [1.807, 2.05) is 6.07 Å². The Hall–Kier alpha value is -2.76. The van der Waals surface area contributed by atoms with Crippen LogP contribution in [0.4, 0.5) is 11.4 Å². The van der Waals surface area contributed by atoms with Crippen molar-refractivity contribution < 1.29 is 13.2 Å². The average molecular weight is 386 g/mol. The van der Waals surface area contributed by atoms with Crippen molar-refractivity contribution in [2.45, 2.75) is 4.90 Å². The Morgan fingerprint density at radius 3 is 2.52 bits per heavy atom. The number of benzene rings is 2. The molecule has 142 valence electrons. The summed E-state index contributed by atoms with van der Waals surface area (Å²) in [4.78, 5) is 4.49. The molecule has 1 aliphatic heterocycles. The van der Waals surface area contributed by atoms with E-state index in [9.17, 15) is 8.42 Å². The van der Waals surface area contributed by atoms with E-state index in [0.29, 0.717) is 17.0 Å². The highest BCUT2D eigenvalue weighted by molar-refractivity contribution is 7.92. The molecule has 1 fully saturated rings. The maximum absolute atomic E-state index is 12.7. The topological polar surface area (TPSA) is 85.7 Å². The van der Waals surface area contributed by atoms with Crippen LogP contribution in [0.1, 0.15) is 5.56 Å². The molecular weight excluding hydrogens is 364 g/mol. The number of nitriles is 1. The summed E-state index contributed by atoms with van der Waals surface area (Å²) in [5, 5.41) is 8.99. The van der Waals surface area contributed by atoms with E-state index < -0.39 is 10.0 Å². The zero-order valence-electron chi connectivity index (χ0n) is 15.3. The Morgan fingerprint density at radius 2 is 1.85 bits per heavy atom. The van der Waals surface area contributed by atoms with Crippen molar-refractivity contribution in [2.75, 3.05) is 50.0 Å². The van der Waals surface area contributed by atoms with Gasteiger partial charge in [0.15, 0.2) is 0 Å². The highest BCUT2D eigenvalue weighted by Crippen LogP contribution is 2.32. The molecule has 8 heteroatoms. The maximum atomic E-state index is 12.7. The predicted molar refractivity (Wildman–Crippen MR) is 105 cm³/mol. The molecule has 27 heavy (non-hydrogen) atoms. The van der Waals surface area contributed by atoms with E-state index in [2.05, 4.69) is 21.6 Å². The molecule has 0 saturated carbocycles. The summed E-state index contributed by atoms with van der Waals surface area (Å²) in [7, 11) is -0.109. The van der Waals surface area contributed by atoms with Crippen LogP contribution in [0.2, 0.25) is 0 Å². The van der Waals surface area contributed by atoms with Crippen LogP contribution in [0.3, 0.4) is 0 Å². The fourth-order valence-corrected chi connectivity index (χ4v) is 4.09. The summed E-state index contributed by atoms with van der Waals surface area (Å²) in [6.07, 6.45) is 0. The summed E-state index contributed by atoms with van der Waals surface area (Å²) in [6, 6.07) is 13.1. The van der Waals surface area contributed by atoms with Crippen LogP contribution in [0.15, 0.2) is 47.4 Å². The molecule has 1 saturated heterocycles. The average Bonchev–Trinajstić information content (AvgIpc) is 2.68.